The second-order valence-corrected chi connectivity index (χ2v) is 5.01. The largest absolute Gasteiger partial charge is 0.384 e. The summed E-state index contributed by atoms with van der Waals surface area (Å²) in [5.41, 5.74) is 0.0983. The molecule has 0 aliphatic rings. The van der Waals surface area contributed by atoms with E-state index in [4.69, 9.17) is 0 Å². The van der Waals surface area contributed by atoms with Crippen molar-refractivity contribution in [3.8, 4) is 0 Å². The average molecular weight is 289 g/mol. The second-order valence-electron chi connectivity index (χ2n) is 5.01. The maximum absolute atomic E-state index is 12.9. The van der Waals surface area contributed by atoms with Crippen molar-refractivity contribution in [2.45, 2.75) is 19.4 Å². The summed E-state index contributed by atoms with van der Waals surface area (Å²) in [5, 5.41) is 12.9. The number of amides is 1. The summed E-state index contributed by atoms with van der Waals surface area (Å²) in [6, 6.07) is 5.48. The highest BCUT2D eigenvalue weighted by Crippen LogP contribution is 2.19. The third-order valence-corrected chi connectivity index (χ3v) is 3.07. The quantitative estimate of drug-likeness (QED) is 0.895. The lowest BCUT2D eigenvalue weighted by atomic mass is 9.96. The van der Waals surface area contributed by atoms with E-state index in [1.165, 1.54) is 36.7 Å². The summed E-state index contributed by atoms with van der Waals surface area (Å²) in [4.78, 5) is 19.8. The van der Waals surface area contributed by atoms with Crippen LogP contribution >= 0.6 is 0 Å². The van der Waals surface area contributed by atoms with Gasteiger partial charge in [0, 0.05) is 6.20 Å². The van der Waals surface area contributed by atoms with Crippen molar-refractivity contribution in [1.29, 1.82) is 0 Å². The van der Waals surface area contributed by atoms with Gasteiger partial charge < -0.3 is 10.4 Å². The van der Waals surface area contributed by atoms with Crippen LogP contribution < -0.4 is 5.32 Å². The van der Waals surface area contributed by atoms with Gasteiger partial charge in [-0.25, -0.2) is 9.37 Å². The smallest absolute Gasteiger partial charge is 0.271 e. The number of nitrogens with zero attached hydrogens (tertiary/aromatic N) is 2. The number of aromatic nitrogens is 2. The van der Waals surface area contributed by atoms with Crippen LogP contribution in [0.5, 0.6) is 0 Å². The molecule has 0 fully saturated rings. The number of aryl methyl sites for hydroxylation is 1. The molecule has 2 N–H and O–H groups in total. The maximum Gasteiger partial charge on any atom is 0.271 e. The minimum Gasteiger partial charge on any atom is -0.384 e. The highest BCUT2D eigenvalue weighted by Gasteiger charge is 2.24. The molecule has 1 heterocycles. The third kappa shape index (κ3) is 3.82. The molecule has 0 spiro atoms. The Hall–Kier alpha value is -2.34. The molecule has 5 nitrogen and oxygen atoms in total. The molecule has 2 aromatic rings. The fraction of sp³-hybridized carbons (Fsp3) is 0.267. The van der Waals surface area contributed by atoms with Crippen LogP contribution in [0.3, 0.4) is 0 Å². The molecule has 2 rings (SSSR count). The highest BCUT2D eigenvalue weighted by molar-refractivity contribution is 5.91. The molecule has 1 unspecified atom stereocenters. The van der Waals surface area contributed by atoms with E-state index in [1.54, 1.807) is 13.8 Å². The molecule has 0 radical (unpaired) electrons. The van der Waals surface area contributed by atoms with Crippen LogP contribution in [-0.4, -0.2) is 27.5 Å². The van der Waals surface area contributed by atoms with Crippen molar-refractivity contribution in [3.05, 3.63) is 59.4 Å². The summed E-state index contributed by atoms with van der Waals surface area (Å²) in [7, 11) is 0. The number of aliphatic hydroxyl groups is 1. The van der Waals surface area contributed by atoms with Gasteiger partial charge in [-0.2, -0.15) is 0 Å². The van der Waals surface area contributed by atoms with E-state index in [0.29, 0.717) is 11.3 Å². The summed E-state index contributed by atoms with van der Waals surface area (Å²) < 4.78 is 12.9. The Balaban J connectivity index is 2.02. The van der Waals surface area contributed by atoms with Crippen LogP contribution in [0.25, 0.3) is 0 Å². The van der Waals surface area contributed by atoms with Crippen molar-refractivity contribution in [3.63, 3.8) is 0 Å². The van der Waals surface area contributed by atoms with Gasteiger partial charge in [0.25, 0.3) is 5.91 Å². The minimum atomic E-state index is -1.30. The average Bonchev–Trinajstić information content (AvgIpc) is 2.46. The summed E-state index contributed by atoms with van der Waals surface area (Å²) >= 11 is 0. The number of rotatable bonds is 4. The fourth-order valence-corrected chi connectivity index (χ4v) is 1.76. The van der Waals surface area contributed by atoms with Crippen molar-refractivity contribution in [1.82, 2.24) is 15.3 Å². The van der Waals surface area contributed by atoms with Gasteiger partial charge in [0.1, 0.15) is 17.1 Å². The first kappa shape index (κ1) is 15.1. The Morgan fingerprint density at radius 2 is 1.95 bits per heavy atom. The van der Waals surface area contributed by atoms with E-state index in [2.05, 4.69) is 15.3 Å². The number of carbonyl (C=O) groups excluding carboxylic acids is 1. The Kier molecular flexibility index (Phi) is 4.28. The molecule has 21 heavy (non-hydrogen) atoms. The van der Waals surface area contributed by atoms with Gasteiger partial charge in [-0.05, 0) is 31.5 Å². The van der Waals surface area contributed by atoms with Crippen molar-refractivity contribution < 1.29 is 14.3 Å². The zero-order chi connectivity index (χ0) is 15.5. The normalized spacial score (nSPS) is 13.5. The SMILES string of the molecule is Cc1cnc(C(=O)NCC(C)(O)c2ccc(F)cc2)cn1. The molecule has 0 bridgehead atoms. The van der Waals surface area contributed by atoms with Crippen molar-refractivity contribution in [2.24, 2.45) is 0 Å². The Bertz CT molecular complexity index is 624. The fourth-order valence-electron chi connectivity index (χ4n) is 1.76. The summed E-state index contributed by atoms with van der Waals surface area (Å²) in [6.45, 7) is 3.29. The van der Waals surface area contributed by atoms with E-state index in [-0.39, 0.29) is 18.1 Å². The summed E-state index contributed by atoms with van der Waals surface area (Å²) in [5.74, 6) is -0.807. The number of carbonyl (C=O) groups is 1. The monoisotopic (exact) mass is 289 g/mol. The second kappa shape index (κ2) is 5.97. The van der Waals surface area contributed by atoms with Gasteiger partial charge in [0.05, 0.1) is 18.4 Å². The van der Waals surface area contributed by atoms with Gasteiger partial charge in [0.2, 0.25) is 0 Å². The van der Waals surface area contributed by atoms with E-state index in [9.17, 15) is 14.3 Å². The minimum absolute atomic E-state index is 0.0208. The maximum atomic E-state index is 12.9. The third-order valence-electron chi connectivity index (χ3n) is 3.07. The zero-order valence-corrected chi connectivity index (χ0v) is 11.8. The lowest BCUT2D eigenvalue weighted by Gasteiger charge is -2.24. The van der Waals surface area contributed by atoms with Crippen LogP contribution in [0.1, 0.15) is 28.7 Å². The van der Waals surface area contributed by atoms with Crippen molar-refractivity contribution in [2.75, 3.05) is 6.54 Å². The van der Waals surface area contributed by atoms with Gasteiger partial charge >= 0.3 is 0 Å². The van der Waals surface area contributed by atoms with E-state index >= 15 is 0 Å². The predicted octanol–water partition coefficient (Wildman–Crippen LogP) is 1.56. The van der Waals surface area contributed by atoms with Gasteiger partial charge in [-0.3, -0.25) is 9.78 Å². The molecular weight excluding hydrogens is 273 g/mol. The van der Waals surface area contributed by atoms with Gasteiger partial charge in [-0.1, -0.05) is 12.1 Å². The number of hydrogen-bond donors (Lipinski definition) is 2. The van der Waals surface area contributed by atoms with E-state index in [0.717, 1.165) is 0 Å². The molecule has 0 saturated carbocycles. The Morgan fingerprint density at radius 3 is 2.52 bits per heavy atom. The standard InChI is InChI=1S/C15H16FN3O2/c1-10-7-18-13(8-17-10)14(20)19-9-15(2,21)11-3-5-12(16)6-4-11/h3-8,21H,9H2,1-2H3,(H,19,20). The van der Waals surface area contributed by atoms with Gasteiger partial charge in [0.15, 0.2) is 0 Å². The lowest BCUT2D eigenvalue weighted by Crippen LogP contribution is -2.38. The van der Waals surface area contributed by atoms with Crippen LogP contribution in [0.15, 0.2) is 36.7 Å². The zero-order valence-electron chi connectivity index (χ0n) is 11.8. The topological polar surface area (TPSA) is 75.1 Å². The first-order valence-electron chi connectivity index (χ1n) is 6.44. The number of nitrogens with one attached hydrogen (secondary N) is 1. The first-order chi connectivity index (χ1) is 9.88. The van der Waals surface area contributed by atoms with Crippen LogP contribution in [0.4, 0.5) is 4.39 Å². The van der Waals surface area contributed by atoms with Crippen LogP contribution in [0.2, 0.25) is 0 Å². The molecule has 6 heteroatoms. The molecule has 110 valence electrons. The molecule has 1 aromatic carbocycles. The van der Waals surface area contributed by atoms with E-state index in [1.807, 2.05) is 0 Å². The molecule has 1 aromatic heterocycles. The molecule has 0 aliphatic carbocycles. The predicted molar refractivity (Wildman–Crippen MR) is 75.1 cm³/mol. The first-order valence-corrected chi connectivity index (χ1v) is 6.44. The molecule has 1 amide bonds. The van der Waals surface area contributed by atoms with Crippen molar-refractivity contribution >= 4 is 5.91 Å². The van der Waals surface area contributed by atoms with E-state index < -0.39 is 11.5 Å². The summed E-state index contributed by atoms with van der Waals surface area (Å²) in [6.07, 6.45) is 2.87. The number of benzene rings is 1. The molecule has 0 aliphatic heterocycles. The Morgan fingerprint density at radius 1 is 1.29 bits per heavy atom. The number of hydrogen-bond acceptors (Lipinski definition) is 4. The van der Waals surface area contributed by atoms with Crippen LogP contribution in [-0.2, 0) is 5.60 Å². The highest BCUT2D eigenvalue weighted by atomic mass is 19.1. The molecular formula is C15H16FN3O2. The van der Waals surface area contributed by atoms with Gasteiger partial charge in [-0.15, -0.1) is 0 Å². The molecule has 0 saturated heterocycles. The molecule has 1 atom stereocenters. The lowest BCUT2D eigenvalue weighted by molar-refractivity contribution is 0.0524. The number of halogens is 1. The Labute approximate surface area is 121 Å². The van der Waals surface area contributed by atoms with Crippen LogP contribution in [0, 0.1) is 12.7 Å².